The molecule has 0 aliphatic heterocycles. The highest BCUT2D eigenvalue weighted by Gasteiger charge is 2.42. The Morgan fingerprint density at radius 3 is 2.73 bits per heavy atom. The largest absolute Gasteiger partial charge is 0.348 e. The molecule has 2 saturated carbocycles. The number of hydrogen-bond acceptors (Lipinski definition) is 4. The van der Waals surface area contributed by atoms with Crippen LogP contribution in [0.25, 0.3) is 0 Å². The molecular formula is C15H22N4O3. The molecule has 120 valence electrons. The molecule has 1 amide bonds. The fourth-order valence-electron chi connectivity index (χ4n) is 4.26. The van der Waals surface area contributed by atoms with E-state index < -0.39 is 10.8 Å². The molecule has 0 spiro atoms. The van der Waals surface area contributed by atoms with E-state index in [2.05, 4.69) is 10.4 Å². The van der Waals surface area contributed by atoms with Gasteiger partial charge in [-0.25, -0.2) is 0 Å². The molecule has 2 aliphatic rings. The van der Waals surface area contributed by atoms with Gasteiger partial charge in [0.2, 0.25) is 5.69 Å². The molecule has 2 aliphatic carbocycles. The van der Waals surface area contributed by atoms with Crippen molar-refractivity contribution in [1.82, 2.24) is 15.1 Å². The smallest absolute Gasteiger partial charge is 0.322 e. The predicted octanol–water partition coefficient (Wildman–Crippen LogP) is 2.19. The van der Waals surface area contributed by atoms with Crippen molar-refractivity contribution in [1.29, 1.82) is 0 Å². The number of hydrogen-bond donors (Lipinski definition) is 1. The zero-order valence-electron chi connectivity index (χ0n) is 13.2. The van der Waals surface area contributed by atoms with Crippen molar-refractivity contribution < 1.29 is 9.72 Å². The molecule has 1 aromatic rings. The molecule has 0 unspecified atom stereocenters. The Bertz CT molecular complexity index is 625. The van der Waals surface area contributed by atoms with Crippen LogP contribution in [0.5, 0.6) is 0 Å². The lowest BCUT2D eigenvalue weighted by atomic mass is 9.84. The van der Waals surface area contributed by atoms with Crippen LogP contribution in [0.4, 0.5) is 5.69 Å². The van der Waals surface area contributed by atoms with E-state index in [9.17, 15) is 14.9 Å². The van der Waals surface area contributed by atoms with Crippen LogP contribution in [0.3, 0.4) is 0 Å². The van der Waals surface area contributed by atoms with Gasteiger partial charge in [-0.3, -0.25) is 19.6 Å². The molecule has 1 heterocycles. The number of nitrogens with zero attached hydrogens (tertiary/aromatic N) is 3. The average Bonchev–Trinajstić information content (AvgIpc) is 3.14. The molecule has 2 bridgehead atoms. The minimum absolute atomic E-state index is 0.0321. The van der Waals surface area contributed by atoms with E-state index in [4.69, 9.17) is 0 Å². The third-order valence-electron chi connectivity index (χ3n) is 5.49. The second-order valence-corrected chi connectivity index (χ2v) is 6.76. The highest BCUT2D eigenvalue weighted by Crippen LogP contribution is 2.49. The van der Waals surface area contributed by atoms with Crippen LogP contribution in [0.1, 0.15) is 48.8 Å². The molecule has 0 saturated heterocycles. The van der Waals surface area contributed by atoms with Gasteiger partial charge < -0.3 is 5.32 Å². The van der Waals surface area contributed by atoms with Gasteiger partial charge >= 0.3 is 5.69 Å². The molecular weight excluding hydrogens is 284 g/mol. The fraction of sp³-hybridized carbons (Fsp3) is 0.733. The van der Waals surface area contributed by atoms with Crippen molar-refractivity contribution in [2.24, 2.45) is 24.8 Å². The summed E-state index contributed by atoms with van der Waals surface area (Å²) >= 11 is 0. The normalized spacial score (nSPS) is 27.9. The third kappa shape index (κ3) is 2.38. The molecule has 22 heavy (non-hydrogen) atoms. The van der Waals surface area contributed by atoms with E-state index in [1.165, 1.54) is 23.9 Å². The number of amides is 1. The first kappa shape index (κ1) is 15.0. The summed E-state index contributed by atoms with van der Waals surface area (Å²) in [6.07, 6.45) is 4.99. The lowest BCUT2D eigenvalue weighted by molar-refractivity contribution is -0.385. The van der Waals surface area contributed by atoms with Crippen molar-refractivity contribution >= 4 is 11.6 Å². The zero-order chi connectivity index (χ0) is 16.0. The van der Waals surface area contributed by atoms with Gasteiger partial charge in [0.25, 0.3) is 5.91 Å². The first-order chi connectivity index (χ1) is 10.4. The van der Waals surface area contributed by atoms with Crippen molar-refractivity contribution in [3.8, 4) is 0 Å². The van der Waals surface area contributed by atoms with Crippen LogP contribution < -0.4 is 5.32 Å². The van der Waals surface area contributed by atoms with E-state index in [0.717, 1.165) is 12.3 Å². The Morgan fingerprint density at radius 2 is 2.18 bits per heavy atom. The zero-order valence-corrected chi connectivity index (χ0v) is 13.2. The second-order valence-electron chi connectivity index (χ2n) is 6.76. The van der Waals surface area contributed by atoms with Gasteiger partial charge in [-0.15, -0.1) is 0 Å². The molecule has 0 radical (unpaired) electrons. The lowest BCUT2D eigenvalue weighted by Crippen LogP contribution is -2.40. The number of nitro groups is 1. The van der Waals surface area contributed by atoms with Crippen molar-refractivity contribution in [2.75, 3.05) is 0 Å². The van der Waals surface area contributed by atoms with E-state index in [1.807, 2.05) is 6.92 Å². The fourth-order valence-corrected chi connectivity index (χ4v) is 4.26. The summed E-state index contributed by atoms with van der Waals surface area (Å²) < 4.78 is 1.38. The molecule has 4 atom stereocenters. The van der Waals surface area contributed by atoms with Crippen molar-refractivity contribution in [3.05, 3.63) is 21.5 Å². The Kier molecular flexibility index (Phi) is 3.66. The summed E-state index contributed by atoms with van der Waals surface area (Å²) in [6.45, 7) is 3.60. The maximum atomic E-state index is 12.4. The van der Waals surface area contributed by atoms with E-state index in [0.29, 0.717) is 17.5 Å². The predicted molar refractivity (Wildman–Crippen MR) is 80.5 cm³/mol. The van der Waals surface area contributed by atoms with E-state index in [1.54, 1.807) is 14.0 Å². The van der Waals surface area contributed by atoms with Crippen LogP contribution in [0.15, 0.2) is 0 Å². The Labute approximate surface area is 129 Å². The summed E-state index contributed by atoms with van der Waals surface area (Å²) in [7, 11) is 1.61. The average molecular weight is 306 g/mol. The topological polar surface area (TPSA) is 90.1 Å². The number of nitrogens with one attached hydrogen (secondary N) is 1. The van der Waals surface area contributed by atoms with Gasteiger partial charge in [0.1, 0.15) is 5.69 Å². The number of rotatable bonds is 4. The molecule has 0 aromatic carbocycles. The second kappa shape index (κ2) is 5.37. The number of fused-ring (bicyclic) bond motifs is 2. The maximum absolute atomic E-state index is 12.4. The first-order valence-electron chi connectivity index (χ1n) is 7.87. The molecule has 7 heteroatoms. The maximum Gasteiger partial charge on any atom is 0.322 e. The van der Waals surface area contributed by atoms with Crippen LogP contribution >= 0.6 is 0 Å². The van der Waals surface area contributed by atoms with Crippen molar-refractivity contribution in [3.63, 3.8) is 0 Å². The number of aryl methyl sites for hydroxylation is 1. The monoisotopic (exact) mass is 306 g/mol. The van der Waals surface area contributed by atoms with Gasteiger partial charge in [0.15, 0.2) is 0 Å². The lowest BCUT2D eigenvalue weighted by Gasteiger charge is -2.28. The molecule has 7 nitrogen and oxygen atoms in total. The Balaban J connectivity index is 1.75. The van der Waals surface area contributed by atoms with Gasteiger partial charge in [-0.1, -0.05) is 6.42 Å². The minimum atomic E-state index is -0.528. The molecule has 1 aromatic heterocycles. The third-order valence-corrected chi connectivity index (χ3v) is 5.49. The Morgan fingerprint density at radius 1 is 1.45 bits per heavy atom. The number of carbonyl (C=O) groups excluding carboxylic acids is 1. The highest BCUT2D eigenvalue weighted by molar-refractivity contribution is 5.96. The summed E-state index contributed by atoms with van der Waals surface area (Å²) in [5.41, 5.74) is 0.114. The van der Waals surface area contributed by atoms with E-state index >= 15 is 0 Å². The van der Waals surface area contributed by atoms with Crippen LogP contribution in [0, 0.1) is 34.8 Å². The highest BCUT2D eigenvalue weighted by atomic mass is 16.6. The molecule has 3 rings (SSSR count). The van der Waals surface area contributed by atoms with Crippen LogP contribution in [-0.2, 0) is 7.05 Å². The Hall–Kier alpha value is -1.92. The minimum Gasteiger partial charge on any atom is -0.348 e. The standard InChI is InChI=1S/C15H22N4O3/c1-8(12-7-10-4-5-11(12)6-10)16-15(20)13-14(19(21)22)9(2)18(3)17-13/h8,10-12H,4-7H2,1-3H3,(H,16,20)/t8-,10-,11-,12+/m0/s1. The van der Waals surface area contributed by atoms with Gasteiger partial charge in [-0.05, 0) is 50.9 Å². The van der Waals surface area contributed by atoms with Crippen molar-refractivity contribution in [2.45, 2.75) is 45.6 Å². The van der Waals surface area contributed by atoms with E-state index in [-0.39, 0.29) is 17.4 Å². The molecule has 1 N–H and O–H groups in total. The van der Waals surface area contributed by atoms with Crippen LogP contribution in [0.2, 0.25) is 0 Å². The number of carbonyl (C=O) groups is 1. The first-order valence-corrected chi connectivity index (χ1v) is 7.87. The number of aromatic nitrogens is 2. The quantitative estimate of drug-likeness (QED) is 0.682. The molecule has 2 fully saturated rings. The van der Waals surface area contributed by atoms with Gasteiger partial charge in [0.05, 0.1) is 4.92 Å². The van der Waals surface area contributed by atoms with Gasteiger partial charge in [0, 0.05) is 13.1 Å². The SMILES string of the molecule is Cc1c([N+](=O)[O-])c(C(=O)N[C@@H](C)[C@H]2C[C@H]3CC[C@H]2C3)nn1C. The summed E-state index contributed by atoms with van der Waals surface area (Å²) in [5, 5.41) is 18.1. The summed E-state index contributed by atoms with van der Waals surface area (Å²) in [4.78, 5) is 23.1. The summed E-state index contributed by atoms with van der Waals surface area (Å²) in [5.74, 6) is 1.55. The van der Waals surface area contributed by atoms with Crippen LogP contribution in [-0.4, -0.2) is 26.7 Å². The van der Waals surface area contributed by atoms with Gasteiger partial charge in [-0.2, -0.15) is 5.10 Å². The summed E-state index contributed by atoms with van der Waals surface area (Å²) in [6, 6.07) is 0.0321.